The fraction of sp³-hybridized carbons (Fsp3) is 0.667. The molecule has 0 aromatic heterocycles. The Morgan fingerprint density at radius 2 is 1.90 bits per heavy atom. The number of para-hydroxylation sites is 1. The van der Waals surface area contributed by atoms with Crippen LogP contribution in [0.5, 0.6) is 0 Å². The van der Waals surface area contributed by atoms with Crippen LogP contribution >= 0.6 is 0 Å². The van der Waals surface area contributed by atoms with Crippen LogP contribution in [-0.2, 0) is 0 Å². The van der Waals surface area contributed by atoms with Crippen LogP contribution in [0.15, 0.2) is 24.3 Å². The van der Waals surface area contributed by atoms with Crippen molar-refractivity contribution in [2.75, 3.05) is 24.5 Å². The van der Waals surface area contributed by atoms with Gasteiger partial charge in [-0.1, -0.05) is 51.3 Å². The summed E-state index contributed by atoms with van der Waals surface area (Å²) < 4.78 is 0. The van der Waals surface area contributed by atoms with E-state index in [2.05, 4.69) is 49.9 Å². The number of anilines is 1. The quantitative estimate of drug-likeness (QED) is 0.687. The molecule has 1 unspecified atom stereocenters. The van der Waals surface area contributed by atoms with Crippen LogP contribution in [0, 0.1) is 12.8 Å². The maximum Gasteiger partial charge on any atom is 0.0396 e. The molecule has 0 amide bonds. The van der Waals surface area contributed by atoms with E-state index in [1.807, 2.05) is 0 Å². The first-order valence-corrected chi connectivity index (χ1v) is 8.23. The molecule has 1 rings (SSSR count). The van der Waals surface area contributed by atoms with Gasteiger partial charge < -0.3 is 10.6 Å². The van der Waals surface area contributed by atoms with Crippen molar-refractivity contribution in [2.45, 2.75) is 52.9 Å². The summed E-state index contributed by atoms with van der Waals surface area (Å²) in [6, 6.07) is 8.72. The van der Waals surface area contributed by atoms with Gasteiger partial charge in [0.25, 0.3) is 0 Å². The van der Waals surface area contributed by atoms with Gasteiger partial charge in [-0.25, -0.2) is 0 Å². The molecule has 0 aliphatic heterocycles. The second-order valence-electron chi connectivity index (χ2n) is 5.79. The SMILES string of the molecule is CCCCC(CC)CN(CCCN)c1ccccc1C. The van der Waals surface area contributed by atoms with Gasteiger partial charge in [-0.2, -0.15) is 0 Å². The summed E-state index contributed by atoms with van der Waals surface area (Å²) in [7, 11) is 0. The van der Waals surface area contributed by atoms with Gasteiger partial charge in [-0.05, 0) is 43.9 Å². The van der Waals surface area contributed by atoms with Gasteiger partial charge in [0.1, 0.15) is 0 Å². The summed E-state index contributed by atoms with van der Waals surface area (Å²) in [5, 5.41) is 0. The zero-order chi connectivity index (χ0) is 14.8. The smallest absolute Gasteiger partial charge is 0.0396 e. The van der Waals surface area contributed by atoms with Gasteiger partial charge in [0.05, 0.1) is 0 Å². The number of benzene rings is 1. The second-order valence-corrected chi connectivity index (χ2v) is 5.79. The Morgan fingerprint density at radius 1 is 1.15 bits per heavy atom. The fourth-order valence-electron chi connectivity index (χ4n) is 2.74. The molecule has 20 heavy (non-hydrogen) atoms. The first-order valence-electron chi connectivity index (χ1n) is 8.23. The molecular weight excluding hydrogens is 244 g/mol. The van der Waals surface area contributed by atoms with Gasteiger partial charge in [0.2, 0.25) is 0 Å². The lowest BCUT2D eigenvalue weighted by molar-refractivity contribution is 0.444. The highest BCUT2D eigenvalue weighted by atomic mass is 15.1. The van der Waals surface area contributed by atoms with Crippen LogP contribution in [0.1, 0.15) is 51.5 Å². The predicted molar refractivity (Wildman–Crippen MR) is 90.4 cm³/mol. The zero-order valence-corrected chi connectivity index (χ0v) is 13.6. The molecule has 2 nitrogen and oxygen atoms in total. The molecule has 0 aliphatic carbocycles. The van der Waals surface area contributed by atoms with E-state index >= 15 is 0 Å². The predicted octanol–water partition coefficient (Wildman–Crippen LogP) is 4.37. The van der Waals surface area contributed by atoms with Crippen molar-refractivity contribution in [2.24, 2.45) is 11.7 Å². The van der Waals surface area contributed by atoms with E-state index in [9.17, 15) is 0 Å². The third-order valence-corrected chi connectivity index (χ3v) is 4.11. The largest absolute Gasteiger partial charge is 0.371 e. The van der Waals surface area contributed by atoms with Gasteiger partial charge >= 0.3 is 0 Å². The Morgan fingerprint density at radius 3 is 2.50 bits per heavy atom. The van der Waals surface area contributed by atoms with Crippen molar-refractivity contribution >= 4 is 5.69 Å². The molecule has 0 fully saturated rings. The topological polar surface area (TPSA) is 29.3 Å². The summed E-state index contributed by atoms with van der Waals surface area (Å²) in [6.07, 6.45) is 6.32. The molecule has 0 radical (unpaired) electrons. The minimum atomic E-state index is 0.772. The van der Waals surface area contributed by atoms with Crippen LogP contribution in [0.3, 0.4) is 0 Å². The maximum atomic E-state index is 5.71. The summed E-state index contributed by atoms with van der Waals surface area (Å²) in [5.41, 5.74) is 8.47. The Kier molecular flexibility index (Phi) is 8.36. The Hall–Kier alpha value is -1.02. The molecule has 0 bridgehead atoms. The highest BCUT2D eigenvalue weighted by Gasteiger charge is 2.14. The van der Waals surface area contributed by atoms with Gasteiger partial charge in [-0.3, -0.25) is 0 Å². The minimum absolute atomic E-state index is 0.772. The lowest BCUT2D eigenvalue weighted by Crippen LogP contribution is -2.32. The van der Waals surface area contributed by atoms with Gasteiger partial charge in [0, 0.05) is 18.8 Å². The maximum absolute atomic E-state index is 5.71. The molecule has 1 atom stereocenters. The van der Waals surface area contributed by atoms with Crippen LogP contribution in [0.25, 0.3) is 0 Å². The summed E-state index contributed by atoms with van der Waals surface area (Å²) in [4.78, 5) is 2.55. The van der Waals surface area contributed by atoms with E-state index < -0.39 is 0 Å². The number of hydrogen-bond donors (Lipinski definition) is 1. The van der Waals surface area contributed by atoms with Crippen molar-refractivity contribution < 1.29 is 0 Å². The molecule has 2 N–H and O–H groups in total. The molecular formula is C18H32N2. The lowest BCUT2D eigenvalue weighted by Gasteiger charge is -2.30. The molecule has 0 spiro atoms. The molecule has 2 heteroatoms. The van der Waals surface area contributed by atoms with E-state index in [-0.39, 0.29) is 0 Å². The summed E-state index contributed by atoms with van der Waals surface area (Å²) in [6.45, 7) is 9.82. The van der Waals surface area contributed by atoms with Crippen LogP contribution in [0.4, 0.5) is 5.69 Å². The highest BCUT2D eigenvalue weighted by Crippen LogP contribution is 2.23. The third-order valence-electron chi connectivity index (χ3n) is 4.11. The molecule has 0 aliphatic rings. The van der Waals surface area contributed by atoms with Crippen LogP contribution < -0.4 is 10.6 Å². The van der Waals surface area contributed by atoms with Crippen molar-refractivity contribution in [3.8, 4) is 0 Å². The van der Waals surface area contributed by atoms with Crippen LogP contribution in [0.2, 0.25) is 0 Å². The third kappa shape index (κ3) is 5.54. The van der Waals surface area contributed by atoms with Gasteiger partial charge in [0.15, 0.2) is 0 Å². The first kappa shape index (κ1) is 17.0. The van der Waals surface area contributed by atoms with E-state index in [4.69, 9.17) is 5.73 Å². The number of unbranched alkanes of at least 4 members (excludes halogenated alkanes) is 1. The van der Waals surface area contributed by atoms with Crippen molar-refractivity contribution in [1.29, 1.82) is 0 Å². The molecule has 0 heterocycles. The van der Waals surface area contributed by atoms with Gasteiger partial charge in [-0.15, -0.1) is 0 Å². The van der Waals surface area contributed by atoms with E-state index in [0.29, 0.717) is 0 Å². The van der Waals surface area contributed by atoms with E-state index in [1.165, 1.54) is 43.5 Å². The molecule has 114 valence electrons. The Bertz CT molecular complexity index is 362. The average Bonchev–Trinajstić information content (AvgIpc) is 2.47. The second kappa shape index (κ2) is 9.82. The number of nitrogens with two attached hydrogens (primary N) is 1. The van der Waals surface area contributed by atoms with Crippen molar-refractivity contribution in [1.82, 2.24) is 0 Å². The Balaban J connectivity index is 2.75. The number of nitrogens with zero attached hydrogens (tertiary/aromatic N) is 1. The molecule has 0 saturated heterocycles. The fourth-order valence-corrected chi connectivity index (χ4v) is 2.74. The molecule has 1 aromatic carbocycles. The van der Waals surface area contributed by atoms with Crippen LogP contribution in [-0.4, -0.2) is 19.6 Å². The summed E-state index contributed by atoms with van der Waals surface area (Å²) >= 11 is 0. The monoisotopic (exact) mass is 276 g/mol. The average molecular weight is 276 g/mol. The normalized spacial score (nSPS) is 12.4. The van der Waals surface area contributed by atoms with E-state index in [0.717, 1.165) is 25.4 Å². The number of hydrogen-bond acceptors (Lipinski definition) is 2. The number of aryl methyl sites for hydroxylation is 1. The standard InChI is InChI=1S/C18H32N2/c1-4-6-11-17(5-2)15-20(14-9-13-19)18-12-8-7-10-16(18)3/h7-8,10,12,17H,4-6,9,11,13-15,19H2,1-3H3. The lowest BCUT2D eigenvalue weighted by atomic mass is 9.98. The van der Waals surface area contributed by atoms with Crippen molar-refractivity contribution in [3.05, 3.63) is 29.8 Å². The Labute approximate surface area is 125 Å². The first-order chi connectivity index (χ1) is 9.72. The van der Waals surface area contributed by atoms with Crippen molar-refractivity contribution in [3.63, 3.8) is 0 Å². The number of rotatable bonds is 10. The molecule has 0 saturated carbocycles. The zero-order valence-electron chi connectivity index (χ0n) is 13.6. The minimum Gasteiger partial charge on any atom is -0.371 e. The highest BCUT2D eigenvalue weighted by molar-refractivity contribution is 5.52. The summed E-state index contributed by atoms with van der Waals surface area (Å²) in [5.74, 6) is 0.798. The van der Waals surface area contributed by atoms with E-state index in [1.54, 1.807) is 0 Å². The molecule has 1 aromatic rings.